The van der Waals surface area contributed by atoms with Crippen LogP contribution >= 0.6 is 23.4 Å². The van der Waals surface area contributed by atoms with Crippen LogP contribution < -0.4 is 0 Å². The maximum atomic E-state index is 11.0. The molecule has 0 aliphatic rings. The van der Waals surface area contributed by atoms with Gasteiger partial charge in [-0.15, -0.1) is 0 Å². The Labute approximate surface area is 118 Å². The minimum Gasteiger partial charge on any atom is -0.298 e. The van der Waals surface area contributed by atoms with Crippen LogP contribution in [0.25, 0.3) is 0 Å². The summed E-state index contributed by atoms with van der Waals surface area (Å²) in [4.78, 5) is 22.5. The van der Waals surface area contributed by atoms with E-state index in [2.05, 4.69) is 0 Å². The first kappa shape index (κ1) is 13.6. The molecule has 0 unspecified atom stereocenters. The van der Waals surface area contributed by atoms with Crippen molar-refractivity contribution < 1.29 is 9.72 Å². The molecule has 0 fully saturated rings. The maximum Gasteiger partial charge on any atom is 0.283 e. The van der Waals surface area contributed by atoms with E-state index in [0.717, 1.165) is 11.8 Å². The van der Waals surface area contributed by atoms with Crippen LogP contribution in [-0.2, 0) is 0 Å². The number of para-hydroxylation sites is 1. The molecule has 0 heterocycles. The van der Waals surface area contributed by atoms with Gasteiger partial charge in [-0.1, -0.05) is 35.5 Å². The van der Waals surface area contributed by atoms with E-state index in [9.17, 15) is 14.9 Å². The Kier molecular flexibility index (Phi) is 4.19. The van der Waals surface area contributed by atoms with Gasteiger partial charge in [-0.05, 0) is 24.3 Å². The van der Waals surface area contributed by atoms with Crippen LogP contribution in [-0.4, -0.2) is 11.2 Å². The Morgan fingerprint density at radius 1 is 1.16 bits per heavy atom. The number of aldehydes is 1. The highest BCUT2D eigenvalue weighted by atomic mass is 35.5. The number of carbonyl (C=O) groups excluding carboxylic acids is 1. The van der Waals surface area contributed by atoms with Crippen molar-refractivity contribution in [3.8, 4) is 0 Å². The summed E-state index contributed by atoms with van der Waals surface area (Å²) < 4.78 is 0. The molecule has 0 aliphatic heterocycles. The van der Waals surface area contributed by atoms with Gasteiger partial charge in [-0.25, -0.2) is 0 Å². The minimum atomic E-state index is -0.451. The van der Waals surface area contributed by atoms with Gasteiger partial charge in [0.25, 0.3) is 5.69 Å². The van der Waals surface area contributed by atoms with Gasteiger partial charge >= 0.3 is 0 Å². The average molecular weight is 294 g/mol. The van der Waals surface area contributed by atoms with Gasteiger partial charge in [-0.2, -0.15) is 0 Å². The van der Waals surface area contributed by atoms with Gasteiger partial charge < -0.3 is 0 Å². The molecule has 0 saturated heterocycles. The molecule has 19 heavy (non-hydrogen) atoms. The summed E-state index contributed by atoms with van der Waals surface area (Å²) >= 11 is 7.03. The van der Waals surface area contributed by atoms with Gasteiger partial charge in [0.15, 0.2) is 6.29 Å². The molecule has 4 nitrogen and oxygen atoms in total. The number of nitro benzene ring substituents is 1. The smallest absolute Gasteiger partial charge is 0.283 e. The van der Waals surface area contributed by atoms with Crippen LogP contribution in [0, 0.1) is 10.1 Å². The highest BCUT2D eigenvalue weighted by Crippen LogP contribution is 2.36. The number of rotatable bonds is 4. The van der Waals surface area contributed by atoms with Gasteiger partial charge in [0.1, 0.15) is 0 Å². The quantitative estimate of drug-likeness (QED) is 0.481. The third-order valence-corrected chi connectivity index (χ3v) is 3.76. The molecule has 2 aromatic carbocycles. The molecule has 0 saturated carbocycles. The Morgan fingerprint density at radius 3 is 2.58 bits per heavy atom. The normalized spacial score (nSPS) is 10.2. The van der Waals surface area contributed by atoms with Gasteiger partial charge in [-0.3, -0.25) is 14.9 Å². The summed E-state index contributed by atoms with van der Waals surface area (Å²) in [5, 5.41) is 11.4. The standard InChI is InChI=1S/C13H8ClNO3S/c14-10-6-5-9(8-16)13(7-10)19-12-4-2-1-3-11(12)15(17)18/h1-8H. The molecule has 0 bridgehead atoms. The fourth-order valence-electron chi connectivity index (χ4n) is 1.51. The van der Waals surface area contributed by atoms with Gasteiger partial charge in [0.05, 0.1) is 9.82 Å². The first-order valence-corrected chi connectivity index (χ1v) is 6.47. The number of nitrogens with zero attached hydrogens (tertiary/aromatic N) is 1. The van der Waals surface area contributed by atoms with E-state index >= 15 is 0 Å². The molecule has 0 spiro atoms. The number of hydrogen-bond acceptors (Lipinski definition) is 4. The number of nitro groups is 1. The van der Waals surface area contributed by atoms with E-state index in [4.69, 9.17) is 11.6 Å². The van der Waals surface area contributed by atoms with Crippen LogP contribution in [0.2, 0.25) is 5.02 Å². The van der Waals surface area contributed by atoms with Crippen molar-refractivity contribution in [3.05, 3.63) is 63.2 Å². The average Bonchev–Trinajstić information content (AvgIpc) is 2.39. The molecular formula is C13H8ClNO3S. The molecule has 0 aromatic heterocycles. The molecule has 0 amide bonds. The lowest BCUT2D eigenvalue weighted by atomic mass is 10.2. The third-order valence-electron chi connectivity index (χ3n) is 2.38. The van der Waals surface area contributed by atoms with Crippen molar-refractivity contribution in [2.45, 2.75) is 9.79 Å². The number of halogens is 1. The second-order valence-electron chi connectivity index (χ2n) is 3.63. The van der Waals surface area contributed by atoms with Crippen LogP contribution in [0.1, 0.15) is 10.4 Å². The first-order chi connectivity index (χ1) is 9.11. The second kappa shape index (κ2) is 5.86. The van der Waals surface area contributed by atoms with E-state index in [0.29, 0.717) is 26.7 Å². The second-order valence-corrected chi connectivity index (χ2v) is 5.15. The number of hydrogen-bond donors (Lipinski definition) is 0. The monoisotopic (exact) mass is 293 g/mol. The summed E-state index contributed by atoms with van der Waals surface area (Å²) in [5.41, 5.74) is 0.455. The number of carbonyl (C=O) groups is 1. The zero-order valence-corrected chi connectivity index (χ0v) is 11.1. The first-order valence-electron chi connectivity index (χ1n) is 5.28. The third kappa shape index (κ3) is 3.13. The number of benzene rings is 2. The lowest BCUT2D eigenvalue weighted by Gasteiger charge is -2.05. The van der Waals surface area contributed by atoms with Gasteiger partial charge in [0.2, 0.25) is 0 Å². The van der Waals surface area contributed by atoms with Crippen LogP contribution in [0.3, 0.4) is 0 Å². The molecule has 6 heteroatoms. The topological polar surface area (TPSA) is 60.2 Å². The molecule has 2 aromatic rings. The lowest BCUT2D eigenvalue weighted by molar-refractivity contribution is -0.387. The highest BCUT2D eigenvalue weighted by Gasteiger charge is 2.15. The van der Waals surface area contributed by atoms with Crippen LogP contribution in [0.15, 0.2) is 52.3 Å². The van der Waals surface area contributed by atoms with Crippen molar-refractivity contribution in [3.63, 3.8) is 0 Å². The molecule has 2 rings (SSSR count). The van der Waals surface area contributed by atoms with Crippen LogP contribution in [0.4, 0.5) is 5.69 Å². The van der Waals surface area contributed by atoms with Gasteiger partial charge in [0, 0.05) is 21.5 Å². The Balaban J connectivity index is 2.44. The largest absolute Gasteiger partial charge is 0.298 e. The van der Waals surface area contributed by atoms with Crippen molar-refractivity contribution >= 4 is 35.3 Å². The van der Waals surface area contributed by atoms with E-state index in [1.165, 1.54) is 6.07 Å². The van der Waals surface area contributed by atoms with Crippen molar-refractivity contribution in [1.29, 1.82) is 0 Å². The fraction of sp³-hybridized carbons (Fsp3) is 0. The summed E-state index contributed by atoms with van der Waals surface area (Å²) in [7, 11) is 0. The molecule has 0 aliphatic carbocycles. The van der Waals surface area contributed by atoms with Crippen molar-refractivity contribution in [2.75, 3.05) is 0 Å². The van der Waals surface area contributed by atoms with E-state index in [1.807, 2.05) is 0 Å². The fourth-order valence-corrected chi connectivity index (χ4v) is 2.79. The van der Waals surface area contributed by atoms with E-state index < -0.39 is 4.92 Å². The predicted molar refractivity (Wildman–Crippen MR) is 74.1 cm³/mol. The van der Waals surface area contributed by atoms with E-state index in [1.54, 1.807) is 36.4 Å². The summed E-state index contributed by atoms with van der Waals surface area (Å²) in [6.07, 6.45) is 0.702. The highest BCUT2D eigenvalue weighted by molar-refractivity contribution is 7.99. The Morgan fingerprint density at radius 2 is 1.89 bits per heavy atom. The molecule has 0 atom stereocenters. The van der Waals surface area contributed by atoms with Crippen LogP contribution in [0.5, 0.6) is 0 Å². The zero-order chi connectivity index (χ0) is 13.8. The Bertz CT molecular complexity index is 646. The molecular weight excluding hydrogens is 286 g/mol. The lowest BCUT2D eigenvalue weighted by Crippen LogP contribution is -1.91. The van der Waals surface area contributed by atoms with E-state index in [-0.39, 0.29) is 5.69 Å². The SMILES string of the molecule is O=Cc1ccc(Cl)cc1Sc1ccccc1[N+](=O)[O-]. The maximum absolute atomic E-state index is 11.0. The summed E-state index contributed by atoms with van der Waals surface area (Å²) in [6, 6.07) is 11.2. The summed E-state index contributed by atoms with van der Waals surface area (Å²) in [5.74, 6) is 0. The molecule has 0 radical (unpaired) electrons. The summed E-state index contributed by atoms with van der Waals surface area (Å²) in [6.45, 7) is 0. The molecule has 96 valence electrons. The van der Waals surface area contributed by atoms with Crippen molar-refractivity contribution in [1.82, 2.24) is 0 Å². The minimum absolute atomic E-state index is 0.00400. The zero-order valence-electron chi connectivity index (χ0n) is 9.58. The molecule has 0 N–H and O–H groups in total. The van der Waals surface area contributed by atoms with Crippen molar-refractivity contribution in [2.24, 2.45) is 0 Å². The predicted octanol–water partition coefficient (Wildman–Crippen LogP) is 4.21. The Hall–Kier alpha value is -1.85.